The summed E-state index contributed by atoms with van der Waals surface area (Å²) < 4.78 is 16.4. The summed E-state index contributed by atoms with van der Waals surface area (Å²) >= 11 is 0. The quantitative estimate of drug-likeness (QED) is 0.782. The standard InChI is InChI=1S/C15H17NO4/c1-9-4-11-6-16(7-14(11)20-9)15(17)10-2-3-12-13(5-10)19-8-18-12/h2-3,5,9,11,14H,4,6-8H2,1H3/t9-,11-,14+/m0/s1. The SMILES string of the molecule is C[C@H]1C[C@H]2CN(C(=O)c3ccc4c(c3)OCO4)C[C@H]2O1. The van der Waals surface area contributed by atoms with Crippen molar-refractivity contribution in [1.29, 1.82) is 0 Å². The molecule has 2 saturated heterocycles. The van der Waals surface area contributed by atoms with E-state index in [1.54, 1.807) is 18.2 Å². The Hall–Kier alpha value is -1.75. The van der Waals surface area contributed by atoms with Crippen LogP contribution in [0.3, 0.4) is 0 Å². The van der Waals surface area contributed by atoms with Gasteiger partial charge in [0.1, 0.15) is 0 Å². The second-order valence-electron chi connectivity index (χ2n) is 5.76. The minimum atomic E-state index is 0.0500. The number of carbonyl (C=O) groups excluding carboxylic acids is 1. The lowest BCUT2D eigenvalue weighted by Crippen LogP contribution is -2.31. The predicted molar refractivity (Wildman–Crippen MR) is 70.9 cm³/mol. The molecular formula is C15H17NO4. The molecule has 5 nitrogen and oxygen atoms in total. The summed E-state index contributed by atoms with van der Waals surface area (Å²) in [4.78, 5) is 14.4. The summed E-state index contributed by atoms with van der Waals surface area (Å²) in [5, 5.41) is 0. The van der Waals surface area contributed by atoms with Gasteiger partial charge in [-0.25, -0.2) is 0 Å². The molecule has 1 aromatic carbocycles. The van der Waals surface area contributed by atoms with Crippen LogP contribution in [0, 0.1) is 5.92 Å². The molecule has 0 N–H and O–H groups in total. The van der Waals surface area contributed by atoms with Crippen LogP contribution < -0.4 is 9.47 Å². The van der Waals surface area contributed by atoms with Gasteiger partial charge in [-0.05, 0) is 31.5 Å². The minimum absolute atomic E-state index is 0.0500. The number of hydrogen-bond donors (Lipinski definition) is 0. The highest BCUT2D eigenvalue weighted by atomic mass is 16.7. The Bertz CT molecular complexity index is 545. The lowest BCUT2D eigenvalue weighted by Gasteiger charge is -2.18. The monoisotopic (exact) mass is 275 g/mol. The summed E-state index contributed by atoms with van der Waals surface area (Å²) in [7, 11) is 0. The van der Waals surface area contributed by atoms with E-state index in [1.165, 1.54) is 0 Å². The average Bonchev–Trinajstić information content (AvgIpc) is 3.09. The van der Waals surface area contributed by atoms with Crippen molar-refractivity contribution in [2.45, 2.75) is 25.6 Å². The molecule has 1 aromatic rings. The number of likely N-dealkylation sites (tertiary alicyclic amines) is 1. The zero-order valence-corrected chi connectivity index (χ0v) is 11.4. The molecule has 3 atom stereocenters. The maximum atomic E-state index is 12.5. The third-order valence-corrected chi connectivity index (χ3v) is 4.33. The molecule has 0 bridgehead atoms. The highest BCUT2D eigenvalue weighted by Gasteiger charge is 2.42. The van der Waals surface area contributed by atoms with Crippen molar-refractivity contribution in [2.24, 2.45) is 5.92 Å². The normalized spacial score (nSPS) is 30.6. The first-order valence-electron chi connectivity index (χ1n) is 7.05. The summed E-state index contributed by atoms with van der Waals surface area (Å²) in [6.45, 7) is 3.82. The van der Waals surface area contributed by atoms with Crippen LogP contribution in [0.25, 0.3) is 0 Å². The molecule has 106 valence electrons. The third-order valence-electron chi connectivity index (χ3n) is 4.33. The number of fused-ring (bicyclic) bond motifs is 2. The van der Waals surface area contributed by atoms with E-state index >= 15 is 0 Å². The van der Waals surface area contributed by atoms with Crippen molar-refractivity contribution >= 4 is 5.91 Å². The van der Waals surface area contributed by atoms with Crippen LogP contribution in [0.2, 0.25) is 0 Å². The van der Waals surface area contributed by atoms with Gasteiger partial charge in [0.2, 0.25) is 6.79 Å². The summed E-state index contributed by atoms with van der Waals surface area (Å²) in [6.07, 6.45) is 1.59. The molecule has 5 heteroatoms. The molecule has 0 saturated carbocycles. The first kappa shape index (κ1) is 12.0. The van der Waals surface area contributed by atoms with Gasteiger partial charge in [0, 0.05) is 24.6 Å². The molecule has 3 heterocycles. The Morgan fingerprint density at radius 2 is 2.10 bits per heavy atom. The van der Waals surface area contributed by atoms with E-state index in [2.05, 4.69) is 6.92 Å². The number of benzene rings is 1. The first-order chi connectivity index (χ1) is 9.70. The zero-order valence-electron chi connectivity index (χ0n) is 11.4. The fraction of sp³-hybridized carbons (Fsp3) is 0.533. The lowest BCUT2D eigenvalue weighted by atomic mass is 10.0. The maximum absolute atomic E-state index is 12.5. The van der Waals surface area contributed by atoms with Crippen LogP contribution in [0.15, 0.2) is 18.2 Å². The summed E-state index contributed by atoms with van der Waals surface area (Å²) in [5.74, 6) is 1.90. The number of amides is 1. The van der Waals surface area contributed by atoms with Gasteiger partial charge in [0.05, 0.1) is 12.2 Å². The van der Waals surface area contributed by atoms with E-state index in [0.717, 1.165) is 13.0 Å². The minimum Gasteiger partial charge on any atom is -0.454 e. The summed E-state index contributed by atoms with van der Waals surface area (Å²) in [6, 6.07) is 5.36. The van der Waals surface area contributed by atoms with Crippen molar-refractivity contribution in [3.05, 3.63) is 23.8 Å². The maximum Gasteiger partial charge on any atom is 0.254 e. The third kappa shape index (κ3) is 1.85. The van der Waals surface area contributed by atoms with Crippen LogP contribution in [0.5, 0.6) is 11.5 Å². The van der Waals surface area contributed by atoms with Crippen molar-refractivity contribution in [3.63, 3.8) is 0 Å². The molecule has 4 rings (SSSR count). The molecule has 1 amide bonds. The van der Waals surface area contributed by atoms with E-state index < -0.39 is 0 Å². The molecule has 20 heavy (non-hydrogen) atoms. The smallest absolute Gasteiger partial charge is 0.254 e. The van der Waals surface area contributed by atoms with Crippen LogP contribution in [0.1, 0.15) is 23.7 Å². The molecular weight excluding hydrogens is 258 g/mol. The largest absolute Gasteiger partial charge is 0.454 e. The summed E-state index contributed by atoms with van der Waals surface area (Å²) in [5.41, 5.74) is 0.655. The molecule has 3 aliphatic rings. The fourth-order valence-electron chi connectivity index (χ4n) is 3.38. The van der Waals surface area contributed by atoms with Crippen molar-refractivity contribution < 1.29 is 19.0 Å². The number of hydrogen-bond acceptors (Lipinski definition) is 4. The van der Waals surface area contributed by atoms with Gasteiger partial charge in [-0.2, -0.15) is 0 Å². The molecule has 0 spiro atoms. The van der Waals surface area contributed by atoms with E-state index in [-0.39, 0.29) is 18.8 Å². The van der Waals surface area contributed by atoms with Gasteiger partial charge in [-0.3, -0.25) is 4.79 Å². The van der Waals surface area contributed by atoms with Crippen LogP contribution >= 0.6 is 0 Å². The fourth-order valence-corrected chi connectivity index (χ4v) is 3.38. The number of carbonyl (C=O) groups is 1. The Labute approximate surface area is 117 Å². The van der Waals surface area contributed by atoms with Crippen LogP contribution in [0.4, 0.5) is 0 Å². The average molecular weight is 275 g/mol. The second-order valence-corrected chi connectivity index (χ2v) is 5.76. The van der Waals surface area contributed by atoms with E-state index in [1.807, 2.05) is 4.90 Å². The number of ether oxygens (including phenoxy) is 3. The van der Waals surface area contributed by atoms with Gasteiger partial charge in [-0.15, -0.1) is 0 Å². The highest BCUT2D eigenvalue weighted by molar-refractivity contribution is 5.95. The molecule has 2 fully saturated rings. The van der Waals surface area contributed by atoms with Gasteiger partial charge >= 0.3 is 0 Å². The first-order valence-corrected chi connectivity index (χ1v) is 7.05. The van der Waals surface area contributed by atoms with Crippen molar-refractivity contribution in [1.82, 2.24) is 4.90 Å². The van der Waals surface area contributed by atoms with Crippen molar-refractivity contribution in [2.75, 3.05) is 19.9 Å². The van der Waals surface area contributed by atoms with Gasteiger partial charge in [0.25, 0.3) is 5.91 Å². The number of rotatable bonds is 1. The Balaban J connectivity index is 1.51. The lowest BCUT2D eigenvalue weighted by molar-refractivity contribution is 0.0443. The topological polar surface area (TPSA) is 48.0 Å². The highest BCUT2D eigenvalue weighted by Crippen LogP contribution is 2.35. The zero-order chi connectivity index (χ0) is 13.7. The Morgan fingerprint density at radius 1 is 1.25 bits per heavy atom. The van der Waals surface area contributed by atoms with Gasteiger partial charge in [-0.1, -0.05) is 0 Å². The van der Waals surface area contributed by atoms with Gasteiger partial charge < -0.3 is 19.1 Å². The van der Waals surface area contributed by atoms with Crippen molar-refractivity contribution in [3.8, 4) is 11.5 Å². The second kappa shape index (κ2) is 4.38. The molecule has 3 aliphatic heterocycles. The van der Waals surface area contributed by atoms with E-state index in [9.17, 15) is 4.79 Å². The van der Waals surface area contributed by atoms with E-state index in [4.69, 9.17) is 14.2 Å². The van der Waals surface area contributed by atoms with E-state index in [0.29, 0.717) is 35.6 Å². The molecule has 0 aromatic heterocycles. The Morgan fingerprint density at radius 3 is 2.95 bits per heavy atom. The van der Waals surface area contributed by atoms with Crippen LogP contribution in [-0.2, 0) is 4.74 Å². The Kier molecular flexibility index (Phi) is 2.63. The molecule has 0 unspecified atom stereocenters. The predicted octanol–water partition coefficient (Wildman–Crippen LogP) is 1.66. The molecule has 0 radical (unpaired) electrons. The van der Waals surface area contributed by atoms with Crippen LogP contribution in [-0.4, -0.2) is 42.9 Å². The molecule has 0 aliphatic carbocycles. The van der Waals surface area contributed by atoms with Gasteiger partial charge in [0.15, 0.2) is 11.5 Å². The number of nitrogens with zero attached hydrogens (tertiary/aromatic N) is 1.